The second-order valence-electron chi connectivity index (χ2n) is 7.62. The Kier molecular flexibility index (Phi) is 6.42. The fourth-order valence-corrected chi connectivity index (χ4v) is 4.13. The van der Waals surface area contributed by atoms with Crippen molar-refractivity contribution in [2.45, 2.75) is 25.8 Å². The number of aliphatic imine (C=N–C) groups is 1. The van der Waals surface area contributed by atoms with Crippen LogP contribution in [-0.2, 0) is 6.42 Å². The van der Waals surface area contributed by atoms with Gasteiger partial charge in [-0.2, -0.15) is 0 Å². The number of methoxy groups -OCH3 is 1. The first-order valence-electron chi connectivity index (χ1n) is 10.8. The van der Waals surface area contributed by atoms with E-state index in [1.165, 1.54) is 16.5 Å². The van der Waals surface area contributed by atoms with E-state index in [1.807, 2.05) is 12.1 Å². The van der Waals surface area contributed by atoms with Gasteiger partial charge in [0.1, 0.15) is 5.75 Å². The number of para-hydroxylation sites is 3. The molecule has 2 aromatic carbocycles. The minimum atomic E-state index is 0.362. The molecule has 6 nitrogen and oxygen atoms in total. The van der Waals surface area contributed by atoms with Crippen molar-refractivity contribution >= 4 is 22.5 Å². The number of nitrogens with zero attached hydrogens (tertiary/aromatic N) is 2. The van der Waals surface area contributed by atoms with Crippen LogP contribution in [0.2, 0.25) is 0 Å². The molecule has 0 amide bonds. The van der Waals surface area contributed by atoms with Gasteiger partial charge in [0.2, 0.25) is 0 Å². The van der Waals surface area contributed by atoms with Gasteiger partial charge in [0.25, 0.3) is 0 Å². The number of H-pyrrole nitrogens is 1. The molecule has 0 bridgehead atoms. The largest absolute Gasteiger partial charge is 0.495 e. The topological polar surface area (TPSA) is 64.7 Å². The molecule has 1 aliphatic heterocycles. The predicted molar refractivity (Wildman–Crippen MR) is 125 cm³/mol. The molecule has 0 saturated carbocycles. The molecule has 1 saturated heterocycles. The molecule has 0 aliphatic carbocycles. The lowest BCUT2D eigenvalue weighted by atomic mass is 10.1. The number of benzene rings is 2. The molecule has 30 heavy (non-hydrogen) atoms. The van der Waals surface area contributed by atoms with Crippen LogP contribution < -0.4 is 20.3 Å². The zero-order valence-electron chi connectivity index (χ0n) is 17.8. The van der Waals surface area contributed by atoms with Crippen LogP contribution in [0.25, 0.3) is 10.9 Å². The smallest absolute Gasteiger partial charge is 0.191 e. The number of guanidine groups is 1. The SMILES string of the molecule is CCNC(=NCCc1c[nH]c2ccccc12)NC1CCN(c2ccccc2OC)C1. The monoisotopic (exact) mass is 405 g/mol. The van der Waals surface area contributed by atoms with E-state index in [0.717, 1.165) is 56.4 Å². The summed E-state index contributed by atoms with van der Waals surface area (Å²) in [6, 6.07) is 17.0. The van der Waals surface area contributed by atoms with Gasteiger partial charge in [0, 0.05) is 49.3 Å². The summed E-state index contributed by atoms with van der Waals surface area (Å²) in [6.45, 7) is 5.65. The molecular formula is C24H31N5O. The molecule has 0 spiro atoms. The van der Waals surface area contributed by atoms with Crippen LogP contribution in [0.3, 0.4) is 0 Å². The molecule has 0 radical (unpaired) electrons. The minimum Gasteiger partial charge on any atom is -0.495 e. The van der Waals surface area contributed by atoms with Crippen LogP contribution in [0.4, 0.5) is 5.69 Å². The highest BCUT2D eigenvalue weighted by molar-refractivity contribution is 5.83. The number of rotatable bonds is 7. The van der Waals surface area contributed by atoms with Gasteiger partial charge in [0.05, 0.1) is 12.8 Å². The predicted octanol–water partition coefficient (Wildman–Crippen LogP) is 3.55. The molecule has 6 heteroatoms. The van der Waals surface area contributed by atoms with Gasteiger partial charge < -0.3 is 25.3 Å². The van der Waals surface area contributed by atoms with E-state index >= 15 is 0 Å². The lowest BCUT2D eigenvalue weighted by Crippen LogP contribution is -2.44. The molecule has 3 aromatic rings. The van der Waals surface area contributed by atoms with E-state index in [1.54, 1.807) is 7.11 Å². The van der Waals surface area contributed by atoms with Gasteiger partial charge in [-0.05, 0) is 43.5 Å². The van der Waals surface area contributed by atoms with E-state index < -0.39 is 0 Å². The van der Waals surface area contributed by atoms with Crippen molar-refractivity contribution in [1.29, 1.82) is 0 Å². The maximum Gasteiger partial charge on any atom is 0.191 e. The number of anilines is 1. The van der Waals surface area contributed by atoms with Gasteiger partial charge in [-0.15, -0.1) is 0 Å². The standard InChI is InChI=1S/C24H31N5O/c1-3-25-24(26-14-12-18-16-27-21-9-5-4-8-20(18)21)28-19-13-15-29(17-19)22-10-6-7-11-23(22)30-2/h4-11,16,19,27H,3,12-15,17H2,1-2H3,(H2,25,26,28). The molecule has 3 N–H and O–H groups in total. The number of aromatic nitrogens is 1. The molecule has 1 aromatic heterocycles. The number of aromatic amines is 1. The zero-order valence-corrected chi connectivity index (χ0v) is 17.8. The average Bonchev–Trinajstić information content (AvgIpc) is 3.41. The van der Waals surface area contributed by atoms with Gasteiger partial charge >= 0.3 is 0 Å². The molecule has 1 unspecified atom stereocenters. The summed E-state index contributed by atoms with van der Waals surface area (Å²) in [4.78, 5) is 10.6. The lowest BCUT2D eigenvalue weighted by Gasteiger charge is -2.22. The first-order chi connectivity index (χ1) is 14.8. The average molecular weight is 406 g/mol. The van der Waals surface area contributed by atoms with Crippen molar-refractivity contribution in [2.75, 3.05) is 38.2 Å². The Morgan fingerprint density at radius 3 is 2.90 bits per heavy atom. The number of nitrogens with one attached hydrogen (secondary N) is 3. The lowest BCUT2D eigenvalue weighted by molar-refractivity contribution is 0.415. The Morgan fingerprint density at radius 1 is 1.20 bits per heavy atom. The van der Waals surface area contributed by atoms with Crippen LogP contribution in [0.1, 0.15) is 18.9 Å². The van der Waals surface area contributed by atoms with Crippen molar-refractivity contribution in [2.24, 2.45) is 4.99 Å². The van der Waals surface area contributed by atoms with Crippen LogP contribution in [0.15, 0.2) is 59.7 Å². The summed E-state index contributed by atoms with van der Waals surface area (Å²) >= 11 is 0. The van der Waals surface area contributed by atoms with Crippen molar-refractivity contribution < 1.29 is 4.74 Å². The highest BCUT2D eigenvalue weighted by Gasteiger charge is 2.25. The summed E-state index contributed by atoms with van der Waals surface area (Å²) in [5.41, 5.74) is 3.66. The number of fused-ring (bicyclic) bond motifs is 1. The van der Waals surface area contributed by atoms with Crippen molar-refractivity contribution in [1.82, 2.24) is 15.6 Å². The Labute approximate surface area is 178 Å². The molecule has 1 atom stereocenters. The highest BCUT2D eigenvalue weighted by atomic mass is 16.5. The van der Waals surface area contributed by atoms with Gasteiger partial charge in [-0.3, -0.25) is 4.99 Å². The quantitative estimate of drug-likeness (QED) is 0.415. The van der Waals surface area contributed by atoms with Crippen molar-refractivity contribution in [3.05, 3.63) is 60.3 Å². The third-order valence-corrected chi connectivity index (χ3v) is 5.63. The minimum absolute atomic E-state index is 0.362. The fourth-order valence-electron chi connectivity index (χ4n) is 4.13. The maximum atomic E-state index is 5.53. The number of hydrogen-bond donors (Lipinski definition) is 3. The highest BCUT2D eigenvalue weighted by Crippen LogP contribution is 2.30. The summed E-state index contributed by atoms with van der Waals surface area (Å²) < 4.78 is 5.53. The van der Waals surface area contributed by atoms with Crippen molar-refractivity contribution in [3.8, 4) is 5.75 Å². The van der Waals surface area contributed by atoms with Crippen LogP contribution >= 0.6 is 0 Å². The van der Waals surface area contributed by atoms with E-state index in [-0.39, 0.29) is 0 Å². The second-order valence-corrected chi connectivity index (χ2v) is 7.62. The first-order valence-corrected chi connectivity index (χ1v) is 10.8. The van der Waals surface area contributed by atoms with E-state index in [4.69, 9.17) is 9.73 Å². The summed E-state index contributed by atoms with van der Waals surface area (Å²) in [5, 5.41) is 8.30. The summed E-state index contributed by atoms with van der Waals surface area (Å²) in [5.74, 6) is 1.82. The molecule has 1 fully saturated rings. The summed E-state index contributed by atoms with van der Waals surface area (Å²) in [7, 11) is 1.73. The molecule has 1 aliphatic rings. The van der Waals surface area contributed by atoms with Gasteiger partial charge in [-0.25, -0.2) is 0 Å². The Bertz CT molecular complexity index is 996. The fraction of sp³-hybridized carbons (Fsp3) is 0.375. The van der Waals surface area contributed by atoms with Crippen LogP contribution in [0.5, 0.6) is 5.75 Å². The third kappa shape index (κ3) is 4.53. The molecule has 158 valence electrons. The van der Waals surface area contributed by atoms with E-state index in [2.05, 4.69) is 70.0 Å². The summed E-state index contributed by atoms with van der Waals surface area (Å²) in [6.07, 6.45) is 4.09. The number of ether oxygens (including phenoxy) is 1. The van der Waals surface area contributed by atoms with Crippen molar-refractivity contribution in [3.63, 3.8) is 0 Å². The Hall–Kier alpha value is -3.15. The van der Waals surface area contributed by atoms with E-state index in [0.29, 0.717) is 6.04 Å². The van der Waals surface area contributed by atoms with Crippen LogP contribution in [0, 0.1) is 0 Å². The Balaban J connectivity index is 1.36. The molecule has 4 rings (SSSR count). The first kappa shape index (κ1) is 20.1. The third-order valence-electron chi connectivity index (χ3n) is 5.63. The maximum absolute atomic E-state index is 5.53. The molecule has 2 heterocycles. The second kappa shape index (κ2) is 9.57. The number of hydrogen-bond acceptors (Lipinski definition) is 3. The van der Waals surface area contributed by atoms with Gasteiger partial charge in [-0.1, -0.05) is 30.3 Å². The zero-order chi connectivity index (χ0) is 20.8. The Morgan fingerprint density at radius 2 is 2.03 bits per heavy atom. The van der Waals surface area contributed by atoms with Crippen LogP contribution in [-0.4, -0.2) is 50.3 Å². The molecular weight excluding hydrogens is 374 g/mol. The van der Waals surface area contributed by atoms with E-state index in [9.17, 15) is 0 Å². The van der Waals surface area contributed by atoms with Gasteiger partial charge in [0.15, 0.2) is 5.96 Å². The normalized spacial score (nSPS) is 16.8.